The van der Waals surface area contributed by atoms with Gasteiger partial charge in [0.05, 0.1) is 11.6 Å². The van der Waals surface area contributed by atoms with E-state index in [1.807, 2.05) is 13.8 Å². The minimum absolute atomic E-state index is 0.00354. The van der Waals surface area contributed by atoms with Crippen LogP contribution in [0.15, 0.2) is 18.2 Å². The van der Waals surface area contributed by atoms with Gasteiger partial charge in [0.1, 0.15) is 5.82 Å². The maximum atomic E-state index is 12.9. The molecule has 2 N–H and O–H groups in total. The summed E-state index contributed by atoms with van der Waals surface area (Å²) in [5.74, 6) is -0.414. The maximum Gasteiger partial charge on any atom is 0.141 e. The SMILES string of the molecule is CC(N[C@@H](C)CO)c1ccc(F)c(Cl)c1. The van der Waals surface area contributed by atoms with E-state index in [0.717, 1.165) is 5.56 Å². The third kappa shape index (κ3) is 3.45. The van der Waals surface area contributed by atoms with Gasteiger partial charge in [-0.1, -0.05) is 17.7 Å². The van der Waals surface area contributed by atoms with E-state index < -0.39 is 5.82 Å². The Morgan fingerprint density at radius 2 is 2.13 bits per heavy atom. The second-order valence-corrected chi connectivity index (χ2v) is 4.05. The monoisotopic (exact) mass is 231 g/mol. The summed E-state index contributed by atoms with van der Waals surface area (Å²) in [5, 5.41) is 12.2. The van der Waals surface area contributed by atoms with Crippen LogP contribution in [-0.4, -0.2) is 17.8 Å². The molecule has 0 spiro atoms. The van der Waals surface area contributed by atoms with Crippen LogP contribution in [0.4, 0.5) is 4.39 Å². The van der Waals surface area contributed by atoms with Gasteiger partial charge in [-0.25, -0.2) is 4.39 Å². The molecule has 0 radical (unpaired) electrons. The molecule has 1 unspecified atom stereocenters. The van der Waals surface area contributed by atoms with Crippen molar-refractivity contribution in [3.63, 3.8) is 0 Å². The van der Waals surface area contributed by atoms with E-state index in [2.05, 4.69) is 5.32 Å². The average molecular weight is 232 g/mol. The van der Waals surface area contributed by atoms with Crippen molar-refractivity contribution in [3.05, 3.63) is 34.6 Å². The Balaban J connectivity index is 2.73. The number of halogens is 2. The Labute approximate surface area is 94.1 Å². The Morgan fingerprint density at radius 3 is 2.67 bits per heavy atom. The van der Waals surface area contributed by atoms with Crippen molar-refractivity contribution in [1.82, 2.24) is 5.32 Å². The fraction of sp³-hybridized carbons (Fsp3) is 0.455. The van der Waals surface area contributed by atoms with E-state index in [4.69, 9.17) is 16.7 Å². The van der Waals surface area contributed by atoms with Crippen LogP contribution in [0.2, 0.25) is 5.02 Å². The minimum Gasteiger partial charge on any atom is -0.395 e. The Kier molecular flexibility index (Phi) is 4.51. The number of benzene rings is 1. The molecule has 84 valence electrons. The molecule has 0 amide bonds. The molecule has 0 saturated carbocycles. The zero-order valence-electron chi connectivity index (χ0n) is 8.80. The van der Waals surface area contributed by atoms with Crippen molar-refractivity contribution in [2.24, 2.45) is 0 Å². The van der Waals surface area contributed by atoms with E-state index in [9.17, 15) is 4.39 Å². The Hall–Kier alpha value is -0.640. The van der Waals surface area contributed by atoms with Gasteiger partial charge in [-0.05, 0) is 31.5 Å². The molecule has 0 aliphatic carbocycles. The highest BCUT2D eigenvalue weighted by Crippen LogP contribution is 2.20. The van der Waals surface area contributed by atoms with Gasteiger partial charge in [-0.3, -0.25) is 0 Å². The summed E-state index contributed by atoms with van der Waals surface area (Å²) >= 11 is 5.68. The normalized spacial score (nSPS) is 15.0. The molecule has 0 aliphatic rings. The molecule has 0 bridgehead atoms. The smallest absolute Gasteiger partial charge is 0.141 e. The van der Waals surface area contributed by atoms with Gasteiger partial charge in [0.2, 0.25) is 0 Å². The Morgan fingerprint density at radius 1 is 1.47 bits per heavy atom. The van der Waals surface area contributed by atoms with E-state index >= 15 is 0 Å². The number of hydrogen-bond donors (Lipinski definition) is 2. The van der Waals surface area contributed by atoms with Crippen LogP contribution < -0.4 is 5.32 Å². The number of hydrogen-bond acceptors (Lipinski definition) is 2. The minimum atomic E-state index is -0.414. The highest BCUT2D eigenvalue weighted by atomic mass is 35.5. The molecule has 4 heteroatoms. The first-order valence-electron chi connectivity index (χ1n) is 4.86. The summed E-state index contributed by atoms with van der Waals surface area (Å²) in [4.78, 5) is 0. The molecular formula is C11H15ClFNO. The number of rotatable bonds is 4. The van der Waals surface area contributed by atoms with Crippen molar-refractivity contribution in [1.29, 1.82) is 0 Å². The first-order chi connectivity index (χ1) is 7.04. The summed E-state index contributed by atoms with van der Waals surface area (Å²) in [6.07, 6.45) is 0. The number of nitrogens with one attached hydrogen (secondary N) is 1. The van der Waals surface area contributed by atoms with Crippen molar-refractivity contribution in [2.45, 2.75) is 25.9 Å². The van der Waals surface area contributed by atoms with Crippen molar-refractivity contribution in [3.8, 4) is 0 Å². The standard InChI is InChI=1S/C11H15ClFNO/c1-7(6-15)14-8(2)9-3-4-11(13)10(12)5-9/h3-5,7-8,14-15H,6H2,1-2H3/t7-,8?/m0/s1. The number of aliphatic hydroxyl groups excluding tert-OH is 1. The molecule has 0 fully saturated rings. The number of aliphatic hydroxyl groups is 1. The predicted molar refractivity (Wildman–Crippen MR) is 59.5 cm³/mol. The van der Waals surface area contributed by atoms with E-state index in [1.165, 1.54) is 6.07 Å². The molecule has 0 heterocycles. The van der Waals surface area contributed by atoms with Crippen LogP contribution >= 0.6 is 11.6 Å². The lowest BCUT2D eigenvalue weighted by molar-refractivity contribution is 0.243. The largest absolute Gasteiger partial charge is 0.395 e. The average Bonchev–Trinajstić information content (AvgIpc) is 2.21. The lowest BCUT2D eigenvalue weighted by Gasteiger charge is -2.18. The second-order valence-electron chi connectivity index (χ2n) is 3.65. The molecule has 1 rings (SSSR count). The van der Waals surface area contributed by atoms with Crippen LogP contribution in [0.25, 0.3) is 0 Å². The van der Waals surface area contributed by atoms with Crippen LogP contribution in [-0.2, 0) is 0 Å². The zero-order valence-corrected chi connectivity index (χ0v) is 9.55. The lowest BCUT2D eigenvalue weighted by Crippen LogP contribution is -2.31. The molecule has 0 aliphatic heterocycles. The first-order valence-corrected chi connectivity index (χ1v) is 5.24. The predicted octanol–water partition coefficient (Wildman–Crippen LogP) is 2.51. The highest BCUT2D eigenvalue weighted by molar-refractivity contribution is 6.30. The van der Waals surface area contributed by atoms with Crippen LogP contribution in [0.3, 0.4) is 0 Å². The van der Waals surface area contributed by atoms with E-state index in [1.54, 1.807) is 12.1 Å². The molecular weight excluding hydrogens is 217 g/mol. The van der Waals surface area contributed by atoms with Crippen molar-refractivity contribution >= 4 is 11.6 Å². The quantitative estimate of drug-likeness (QED) is 0.835. The van der Waals surface area contributed by atoms with E-state index in [-0.39, 0.29) is 23.7 Å². The van der Waals surface area contributed by atoms with Crippen molar-refractivity contribution < 1.29 is 9.50 Å². The highest BCUT2D eigenvalue weighted by Gasteiger charge is 2.10. The van der Waals surface area contributed by atoms with Gasteiger partial charge in [0.25, 0.3) is 0 Å². The second kappa shape index (κ2) is 5.45. The molecule has 2 atom stereocenters. The summed E-state index contributed by atoms with van der Waals surface area (Å²) < 4.78 is 12.9. The van der Waals surface area contributed by atoms with Crippen LogP contribution in [0, 0.1) is 5.82 Å². The summed E-state index contributed by atoms with van der Waals surface area (Å²) in [5.41, 5.74) is 0.904. The summed E-state index contributed by atoms with van der Waals surface area (Å²) in [6.45, 7) is 3.89. The van der Waals surface area contributed by atoms with Gasteiger partial charge in [-0.15, -0.1) is 0 Å². The Bertz CT molecular complexity index is 332. The third-order valence-corrected chi connectivity index (χ3v) is 2.54. The van der Waals surface area contributed by atoms with Crippen LogP contribution in [0.5, 0.6) is 0 Å². The van der Waals surface area contributed by atoms with Gasteiger partial charge in [0, 0.05) is 12.1 Å². The maximum absolute atomic E-state index is 12.9. The molecule has 15 heavy (non-hydrogen) atoms. The lowest BCUT2D eigenvalue weighted by atomic mass is 10.1. The fourth-order valence-electron chi connectivity index (χ4n) is 1.36. The van der Waals surface area contributed by atoms with Gasteiger partial charge < -0.3 is 10.4 Å². The fourth-order valence-corrected chi connectivity index (χ4v) is 1.55. The summed E-state index contributed by atoms with van der Waals surface area (Å²) in [7, 11) is 0. The topological polar surface area (TPSA) is 32.3 Å². The molecule has 1 aromatic carbocycles. The van der Waals surface area contributed by atoms with E-state index in [0.29, 0.717) is 0 Å². The van der Waals surface area contributed by atoms with Crippen molar-refractivity contribution in [2.75, 3.05) is 6.61 Å². The van der Waals surface area contributed by atoms with Gasteiger partial charge in [-0.2, -0.15) is 0 Å². The molecule has 0 aromatic heterocycles. The van der Waals surface area contributed by atoms with Gasteiger partial charge in [0.15, 0.2) is 0 Å². The van der Waals surface area contributed by atoms with Gasteiger partial charge >= 0.3 is 0 Å². The third-order valence-electron chi connectivity index (χ3n) is 2.25. The first kappa shape index (κ1) is 12.4. The molecule has 1 aromatic rings. The summed E-state index contributed by atoms with van der Waals surface area (Å²) in [6, 6.07) is 4.66. The molecule has 2 nitrogen and oxygen atoms in total. The molecule has 0 saturated heterocycles. The zero-order chi connectivity index (χ0) is 11.4. The van der Waals surface area contributed by atoms with Crippen LogP contribution in [0.1, 0.15) is 25.5 Å².